The molecule has 1 aliphatic heterocycles. The first-order valence-electron chi connectivity index (χ1n) is 11.6. The molecule has 0 spiro atoms. The molecule has 0 saturated carbocycles. The zero-order valence-electron chi connectivity index (χ0n) is 20.3. The van der Waals surface area contributed by atoms with Crippen LogP contribution in [0.5, 0.6) is 17.2 Å². The van der Waals surface area contributed by atoms with Gasteiger partial charge in [0.05, 0.1) is 30.6 Å². The summed E-state index contributed by atoms with van der Waals surface area (Å²) in [6.07, 6.45) is 1.49. The predicted molar refractivity (Wildman–Crippen MR) is 144 cm³/mol. The average molecular weight is 553 g/mol. The van der Waals surface area contributed by atoms with Crippen LogP contribution in [0.15, 0.2) is 70.2 Å². The maximum absolute atomic E-state index is 12.5. The highest BCUT2D eigenvalue weighted by Gasteiger charge is 2.19. The Balaban J connectivity index is 1.28. The van der Waals surface area contributed by atoms with Crippen molar-refractivity contribution < 1.29 is 19.4 Å². The number of amides is 1. The van der Waals surface area contributed by atoms with Crippen LogP contribution in [0, 0.1) is 0 Å². The molecule has 3 aromatic carbocycles. The van der Waals surface area contributed by atoms with Crippen LogP contribution in [0.25, 0.3) is 0 Å². The van der Waals surface area contributed by atoms with Gasteiger partial charge in [0.15, 0.2) is 11.5 Å². The molecule has 1 saturated heterocycles. The second-order valence-corrected chi connectivity index (χ2v) is 9.24. The largest absolute Gasteiger partial charge is 0.503 e. The van der Waals surface area contributed by atoms with Crippen molar-refractivity contribution in [3.63, 3.8) is 0 Å². The van der Waals surface area contributed by atoms with E-state index in [-0.39, 0.29) is 11.7 Å². The van der Waals surface area contributed by atoms with E-state index in [1.165, 1.54) is 13.3 Å². The average Bonchev–Trinajstić information content (AvgIpc) is 2.91. The van der Waals surface area contributed by atoms with Crippen molar-refractivity contribution in [3.8, 4) is 17.2 Å². The van der Waals surface area contributed by atoms with E-state index in [4.69, 9.17) is 9.47 Å². The van der Waals surface area contributed by atoms with Gasteiger partial charge in [-0.1, -0.05) is 24.3 Å². The molecule has 0 aliphatic carbocycles. The molecule has 0 aromatic heterocycles. The molecule has 0 atom stereocenters. The molecule has 1 fully saturated rings. The summed E-state index contributed by atoms with van der Waals surface area (Å²) in [6, 6.07) is 19.0. The molecule has 3 aromatic rings. The minimum absolute atomic E-state index is 0.0112. The van der Waals surface area contributed by atoms with Crippen molar-refractivity contribution in [3.05, 3.63) is 81.8 Å². The van der Waals surface area contributed by atoms with Crippen LogP contribution in [0.3, 0.4) is 0 Å². The first-order valence-corrected chi connectivity index (χ1v) is 12.4. The molecule has 9 heteroatoms. The Hall–Kier alpha value is -3.56. The zero-order valence-corrected chi connectivity index (χ0v) is 21.9. The number of para-hydroxylation sites is 2. The number of nitrogens with one attached hydrogen (secondary N) is 1. The van der Waals surface area contributed by atoms with Gasteiger partial charge in [0.1, 0.15) is 5.75 Å². The van der Waals surface area contributed by atoms with Crippen molar-refractivity contribution in [2.75, 3.05) is 45.3 Å². The maximum atomic E-state index is 12.5. The van der Waals surface area contributed by atoms with Crippen LogP contribution in [0.2, 0.25) is 0 Å². The Labute approximate surface area is 219 Å². The normalized spacial score (nSPS) is 14.1. The van der Waals surface area contributed by atoms with Gasteiger partial charge in [-0.25, -0.2) is 5.43 Å². The van der Waals surface area contributed by atoms with Crippen LogP contribution in [-0.4, -0.2) is 62.5 Å². The van der Waals surface area contributed by atoms with Gasteiger partial charge in [0, 0.05) is 38.3 Å². The van der Waals surface area contributed by atoms with Crippen LogP contribution < -0.4 is 19.8 Å². The lowest BCUT2D eigenvalue weighted by Crippen LogP contribution is -2.46. The van der Waals surface area contributed by atoms with E-state index >= 15 is 0 Å². The van der Waals surface area contributed by atoms with Gasteiger partial charge < -0.3 is 19.5 Å². The number of aromatic hydroxyl groups is 1. The van der Waals surface area contributed by atoms with Gasteiger partial charge in [-0.05, 0) is 63.5 Å². The summed E-state index contributed by atoms with van der Waals surface area (Å²) in [5, 5.41) is 13.9. The van der Waals surface area contributed by atoms with Crippen LogP contribution in [-0.2, 0) is 6.54 Å². The van der Waals surface area contributed by atoms with Gasteiger partial charge in [-0.3, -0.25) is 9.69 Å². The highest BCUT2D eigenvalue weighted by atomic mass is 79.9. The molecule has 1 amide bonds. The fourth-order valence-corrected chi connectivity index (χ4v) is 4.57. The van der Waals surface area contributed by atoms with Crippen LogP contribution >= 0.6 is 15.9 Å². The predicted octanol–water partition coefficient (Wildman–Crippen LogP) is 4.26. The topological polar surface area (TPSA) is 86.6 Å². The first kappa shape index (κ1) is 25.5. The van der Waals surface area contributed by atoms with E-state index in [0.29, 0.717) is 21.3 Å². The van der Waals surface area contributed by atoms with Gasteiger partial charge in [-0.15, -0.1) is 0 Å². The molecule has 36 heavy (non-hydrogen) atoms. The number of phenols is 1. The Morgan fingerprint density at radius 1 is 1.03 bits per heavy atom. The lowest BCUT2D eigenvalue weighted by Gasteiger charge is -2.36. The summed E-state index contributed by atoms with van der Waals surface area (Å²) >= 11 is 3.27. The van der Waals surface area contributed by atoms with Gasteiger partial charge in [0.2, 0.25) is 0 Å². The van der Waals surface area contributed by atoms with E-state index in [1.54, 1.807) is 19.2 Å². The number of halogens is 1. The zero-order chi connectivity index (χ0) is 25.5. The minimum atomic E-state index is -0.298. The molecule has 4 rings (SSSR count). The van der Waals surface area contributed by atoms with Crippen molar-refractivity contribution in [1.29, 1.82) is 0 Å². The number of benzene rings is 3. The van der Waals surface area contributed by atoms with E-state index < -0.39 is 0 Å². The van der Waals surface area contributed by atoms with Gasteiger partial charge in [0.25, 0.3) is 5.91 Å². The van der Waals surface area contributed by atoms with Crippen molar-refractivity contribution in [2.45, 2.75) is 6.54 Å². The highest BCUT2D eigenvalue weighted by molar-refractivity contribution is 9.10. The summed E-state index contributed by atoms with van der Waals surface area (Å²) in [5.41, 5.74) is 6.02. The summed E-state index contributed by atoms with van der Waals surface area (Å²) in [6.45, 7) is 4.60. The third kappa shape index (κ3) is 6.16. The standard InChI is InChI=1S/C27H29BrN4O4/c1-35-24-6-4-3-5-23(24)32-13-11-31(12-14-32)18-19-7-9-21(10-8-19)27(34)30-29-17-20-15-22(28)26(33)25(16-20)36-2/h3-10,15-17,33H,11-14,18H2,1-2H3,(H,30,34)/b29-17-. The molecule has 2 N–H and O–H groups in total. The lowest BCUT2D eigenvalue weighted by atomic mass is 10.1. The number of hydrogen-bond acceptors (Lipinski definition) is 7. The molecule has 1 heterocycles. The SMILES string of the molecule is COc1ccccc1N1CCN(Cc2ccc(C(=O)N/N=C\c3cc(Br)c(O)c(OC)c3)cc2)CC1. The van der Waals surface area contributed by atoms with Crippen LogP contribution in [0.1, 0.15) is 21.5 Å². The van der Waals surface area contributed by atoms with Gasteiger partial charge >= 0.3 is 0 Å². The Morgan fingerprint density at radius 2 is 1.72 bits per heavy atom. The number of carbonyl (C=O) groups is 1. The number of nitrogens with zero attached hydrogens (tertiary/aromatic N) is 3. The number of ether oxygens (including phenoxy) is 2. The third-order valence-electron chi connectivity index (χ3n) is 6.07. The Kier molecular flexibility index (Phi) is 8.45. The number of carbonyl (C=O) groups excluding carboxylic acids is 1. The minimum Gasteiger partial charge on any atom is -0.503 e. The molecule has 1 aliphatic rings. The van der Waals surface area contributed by atoms with E-state index in [9.17, 15) is 9.90 Å². The highest BCUT2D eigenvalue weighted by Crippen LogP contribution is 2.34. The summed E-state index contributed by atoms with van der Waals surface area (Å²) in [5.74, 6) is 0.930. The quantitative estimate of drug-likeness (QED) is 0.321. The van der Waals surface area contributed by atoms with Crippen molar-refractivity contribution >= 4 is 33.7 Å². The number of methoxy groups -OCH3 is 2. The monoisotopic (exact) mass is 552 g/mol. The number of anilines is 1. The molecule has 0 unspecified atom stereocenters. The van der Waals surface area contributed by atoms with Crippen LogP contribution in [0.4, 0.5) is 5.69 Å². The summed E-state index contributed by atoms with van der Waals surface area (Å²) in [7, 11) is 3.17. The second kappa shape index (κ2) is 11.9. The molecule has 8 nitrogen and oxygen atoms in total. The van der Waals surface area contributed by atoms with Crippen molar-refractivity contribution in [1.82, 2.24) is 10.3 Å². The number of hydrogen-bond donors (Lipinski definition) is 2. The Morgan fingerprint density at radius 3 is 2.42 bits per heavy atom. The number of rotatable bonds is 8. The summed E-state index contributed by atoms with van der Waals surface area (Å²) < 4.78 is 11.1. The maximum Gasteiger partial charge on any atom is 0.271 e. The summed E-state index contributed by atoms with van der Waals surface area (Å²) in [4.78, 5) is 17.2. The number of phenolic OH excluding ortho intramolecular Hbond substituents is 1. The molecule has 0 bridgehead atoms. The fraction of sp³-hybridized carbons (Fsp3) is 0.259. The lowest BCUT2D eigenvalue weighted by molar-refractivity contribution is 0.0955. The number of hydrazone groups is 1. The van der Waals surface area contributed by atoms with E-state index in [0.717, 1.165) is 49.7 Å². The molecular formula is C27H29BrN4O4. The smallest absolute Gasteiger partial charge is 0.271 e. The molecule has 0 radical (unpaired) electrons. The van der Waals surface area contributed by atoms with Gasteiger partial charge in [-0.2, -0.15) is 5.10 Å². The first-order chi connectivity index (χ1) is 17.5. The third-order valence-corrected chi connectivity index (χ3v) is 6.68. The molecular weight excluding hydrogens is 524 g/mol. The Bertz CT molecular complexity index is 1220. The van der Waals surface area contributed by atoms with Crippen molar-refractivity contribution in [2.24, 2.45) is 5.10 Å². The second-order valence-electron chi connectivity index (χ2n) is 8.38. The van der Waals surface area contributed by atoms with E-state index in [1.807, 2.05) is 42.5 Å². The number of piperazine rings is 1. The fourth-order valence-electron chi connectivity index (χ4n) is 4.11. The molecule has 188 valence electrons. The van der Waals surface area contributed by atoms with E-state index in [2.05, 4.69) is 42.3 Å².